The van der Waals surface area contributed by atoms with Crippen molar-refractivity contribution >= 4 is 29.5 Å². The number of rotatable bonds is 3. The molecule has 0 saturated heterocycles. The highest BCUT2D eigenvalue weighted by Gasteiger charge is 2.14. The molecule has 1 aromatic rings. The van der Waals surface area contributed by atoms with E-state index in [9.17, 15) is 4.79 Å². The highest BCUT2D eigenvalue weighted by Crippen LogP contribution is 2.28. The van der Waals surface area contributed by atoms with E-state index in [-0.39, 0.29) is 10.4 Å². The lowest BCUT2D eigenvalue weighted by molar-refractivity contribution is -0.110. The molecular formula is C9H10OS2. The summed E-state index contributed by atoms with van der Waals surface area (Å²) in [6.45, 7) is 0. The van der Waals surface area contributed by atoms with E-state index in [4.69, 9.17) is 0 Å². The van der Waals surface area contributed by atoms with Gasteiger partial charge in [0.05, 0.1) is 5.25 Å². The van der Waals surface area contributed by atoms with Crippen molar-refractivity contribution < 1.29 is 4.79 Å². The largest absolute Gasteiger partial charge is 0.286 e. The van der Waals surface area contributed by atoms with Crippen molar-refractivity contribution in [1.29, 1.82) is 0 Å². The van der Waals surface area contributed by atoms with Gasteiger partial charge >= 0.3 is 0 Å². The Morgan fingerprint density at radius 2 is 2.00 bits per heavy atom. The second kappa shape index (κ2) is 4.58. The zero-order valence-corrected chi connectivity index (χ0v) is 8.44. The molecule has 0 aliphatic carbocycles. The summed E-state index contributed by atoms with van der Waals surface area (Å²) >= 11 is 5.33. The lowest BCUT2D eigenvalue weighted by atomic mass is 10.2. The molecule has 0 bridgehead atoms. The summed E-state index contributed by atoms with van der Waals surface area (Å²) in [4.78, 5) is 11.0. The van der Waals surface area contributed by atoms with Crippen LogP contribution in [-0.2, 0) is 4.79 Å². The first-order valence-electron chi connectivity index (χ1n) is 3.56. The van der Waals surface area contributed by atoms with Crippen LogP contribution >= 0.6 is 24.4 Å². The van der Waals surface area contributed by atoms with Crippen LogP contribution in [0, 0.1) is 0 Å². The third kappa shape index (κ3) is 2.29. The molecule has 1 rings (SSSR count). The molecule has 3 heteroatoms. The van der Waals surface area contributed by atoms with Crippen molar-refractivity contribution in [2.24, 2.45) is 0 Å². The summed E-state index contributed by atoms with van der Waals surface area (Å²) in [5, 5.41) is -0.219. The van der Waals surface area contributed by atoms with E-state index in [1.807, 2.05) is 36.6 Å². The molecule has 0 aliphatic rings. The maximum atomic E-state index is 11.0. The van der Waals surface area contributed by atoms with Gasteiger partial charge in [0, 0.05) is 0 Å². The van der Waals surface area contributed by atoms with E-state index >= 15 is 0 Å². The molecular weight excluding hydrogens is 188 g/mol. The minimum Gasteiger partial charge on any atom is -0.286 e. The summed E-state index contributed by atoms with van der Waals surface area (Å²) in [6.07, 6.45) is 1.91. The van der Waals surface area contributed by atoms with Crippen molar-refractivity contribution in [3.05, 3.63) is 35.9 Å². The number of carbonyl (C=O) groups is 1. The highest BCUT2D eigenvalue weighted by molar-refractivity contribution is 8.04. The zero-order chi connectivity index (χ0) is 8.97. The zero-order valence-electron chi connectivity index (χ0n) is 6.73. The van der Waals surface area contributed by atoms with Crippen molar-refractivity contribution in [2.45, 2.75) is 5.25 Å². The summed E-state index contributed by atoms with van der Waals surface area (Å²) < 4.78 is 0. The van der Waals surface area contributed by atoms with E-state index in [1.165, 1.54) is 11.8 Å². The van der Waals surface area contributed by atoms with E-state index in [1.54, 1.807) is 0 Å². The van der Waals surface area contributed by atoms with Crippen LogP contribution < -0.4 is 0 Å². The number of hydrogen-bond donors (Lipinski definition) is 1. The van der Waals surface area contributed by atoms with Crippen LogP contribution in [0.1, 0.15) is 10.8 Å². The quantitative estimate of drug-likeness (QED) is 0.752. The third-order valence-electron chi connectivity index (χ3n) is 1.56. The molecule has 64 valence electrons. The minimum absolute atomic E-state index is 0.0892. The maximum Gasteiger partial charge on any atom is 0.203 e. The SMILES string of the molecule is CSC(C(=O)S)c1ccccc1. The topological polar surface area (TPSA) is 17.1 Å². The minimum atomic E-state index is -0.130. The van der Waals surface area contributed by atoms with Crippen LogP contribution in [0.2, 0.25) is 0 Å². The van der Waals surface area contributed by atoms with Crippen LogP contribution in [0.15, 0.2) is 30.3 Å². The van der Waals surface area contributed by atoms with Gasteiger partial charge in [-0.05, 0) is 11.8 Å². The molecule has 12 heavy (non-hydrogen) atoms. The van der Waals surface area contributed by atoms with Gasteiger partial charge in [0.25, 0.3) is 0 Å². The van der Waals surface area contributed by atoms with Crippen molar-refractivity contribution in [3.8, 4) is 0 Å². The lowest BCUT2D eigenvalue weighted by Crippen LogP contribution is -2.01. The molecule has 0 heterocycles. The summed E-state index contributed by atoms with van der Waals surface area (Å²) in [6, 6.07) is 9.67. The fourth-order valence-corrected chi connectivity index (χ4v) is 2.10. The Kier molecular flexibility index (Phi) is 3.69. The van der Waals surface area contributed by atoms with Crippen LogP contribution in [0.3, 0.4) is 0 Å². The molecule has 0 radical (unpaired) electrons. The molecule has 1 nitrogen and oxygen atoms in total. The van der Waals surface area contributed by atoms with Gasteiger partial charge in [-0.25, -0.2) is 0 Å². The predicted molar refractivity (Wildman–Crippen MR) is 56.7 cm³/mol. The van der Waals surface area contributed by atoms with Gasteiger partial charge in [-0.3, -0.25) is 4.79 Å². The number of thioether (sulfide) groups is 1. The van der Waals surface area contributed by atoms with Gasteiger partial charge in [0.1, 0.15) is 0 Å². The molecule has 1 atom stereocenters. The van der Waals surface area contributed by atoms with Crippen molar-refractivity contribution in [3.63, 3.8) is 0 Å². The Morgan fingerprint density at radius 1 is 1.42 bits per heavy atom. The van der Waals surface area contributed by atoms with Gasteiger partial charge < -0.3 is 0 Å². The van der Waals surface area contributed by atoms with E-state index in [0.29, 0.717) is 0 Å². The Hall–Kier alpha value is -0.410. The predicted octanol–water partition coefficient (Wildman–Crippen LogP) is 2.55. The molecule has 0 saturated carbocycles. The number of carbonyl (C=O) groups excluding carboxylic acids is 1. The average molecular weight is 198 g/mol. The normalized spacial score (nSPS) is 12.5. The van der Waals surface area contributed by atoms with E-state index < -0.39 is 0 Å². The molecule has 1 aromatic carbocycles. The first-order chi connectivity index (χ1) is 5.75. The third-order valence-corrected chi connectivity index (χ3v) is 2.95. The molecule has 1 unspecified atom stereocenters. The van der Waals surface area contributed by atoms with Crippen LogP contribution in [0.25, 0.3) is 0 Å². The fraction of sp³-hybridized carbons (Fsp3) is 0.222. The average Bonchev–Trinajstić information content (AvgIpc) is 2.07. The van der Waals surface area contributed by atoms with Gasteiger partial charge in [0.2, 0.25) is 5.12 Å². The number of thiol groups is 1. The van der Waals surface area contributed by atoms with Crippen LogP contribution in [-0.4, -0.2) is 11.4 Å². The maximum absolute atomic E-state index is 11.0. The lowest BCUT2D eigenvalue weighted by Gasteiger charge is -2.09. The second-order valence-electron chi connectivity index (χ2n) is 2.36. The van der Waals surface area contributed by atoms with E-state index in [0.717, 1.165) is 5.56 Å². The van der Waals surface area contributed by atoms with Crippen molar-refractivity contribution in [2.75, 3.05) is 6.26 Å². The summed E-state index contributed by atoms with van der Waals surface area (Å²) in [5.41, 5.74) is 1.02. The fourth-order valence-electron chi connectivity index (χ4n) is 1.01. The molecule has 0 aromatic heterocycles. The summed E-state index contributed by atoms with van der Waals surface area (Å²) in [7, 11) is 0. The number of hydrogen-bond acceptors (Lipinski definition) is 2. The molecule has 0 fully saturated rings. The molecule has 0 N–H and O–H groups in total. The standard InChI is InChI=1S/C9H10OS2/c1-12-8(9(10)11)7-5-3-2-4-6-7/h2-6,8H,1H3,(H,10,11). The summed E-state index contributed by atoms with van der Waals surface area (Å²) in [5.74, 6) is 0. The Morgan fingerprint density at radius 3 is 2.42 bits per heavy atom. The Labute approximate surface area is 82.0 Å². The van der Waals surface area contributed by atoms with Crippen LogP contribution in [0.5, 0.6) is 0 Å². The Balaban J connectivity index is 2.88. The van der Waals surface area contributed by atoms with Gasteiger partial charge in [0.15, 0.2) is 0 Å². The Bertz CT molecular complexity index is 258. The first kappa shape index (κ1) is 9.68. The van der Waals surface area contributed by atoms with E-state index in [2.05, 4.69) is 12.6 Å². The monoisotopic (exact) mass is 198 g/mol. The molecule has 0 aliphatic heterocycles. The number of benzene rings is 1. The highest BCUT2D eigenvalue weighted by atomic mass is 32.2. The second-order valence-corrected chi connectivity index (χ2v) is 3.75. The van der Waals surface area contributed by atoms with Gasteiger partial charge in [-0.2, -0.15) is 0 Å². The van der Waals surface area contributed by atoms with Gasteiger partial charge in [-0.15, -0.1) is 24.4 Å². The molecule has 0 spiro atoms. The molecule has 0 amide bonds. The van der Waals surface area contributed by atoms with Crippen molar-refractivity contribution in [1.82, 2.24) is 0 Å². The first-order valence-corrected chi connectivity index (χ1v) is 5.29. The van der Waals surface area contributed by atoms with Crippen LogP contribution in [0.4, 0.5) is 0 Å². The smallest absolute Gasteiger partial charge is 0.203 e. The van der Waals surface area contributed by atoms with Gasteiger partial charge in [-0.1, -0.05) is 30.3 Å².